The molecule has 0 saturated heterocycles. The number of halogens is 3. The van der Waals surface area contributed by atoms with Crippen LogP contribution in [0.2, 0.25) is 0 Å². The third kappa shape index (κ3) is 4.54. The number of amides is 2. The minimum Gasteiger partial charge on any atom is -0.486 e. The van der Waals surface area contributed by atoms with Crippen molar-refractivity contribution in [1.29, 1.82) is 0 Å². The SMILES string of the molecule is CC(=O)N(CC(=O)Nc1ccc(C(F)(F)F)cc1)c1ccc2c(c1)OCCO2. The first-order chi connectivity index (χ1) is 13.2. The number of benzene rings is 2. The third-order valence-electron chi connectivity index (χ3n) is 4.02. The lowest BCUT2D eigenvalue weighted by molar-refractivity contribution is -0.137. The lowest BCUT2D eigenvalue weighted by Gasteiger charge is -2.24. The molecule has 28 heavy (non-hydrogen) atoms. The Morgan fingerprint density at radius 3 is 2.29 bits per heavy atom. The average molecular weight is 394 g/mol. The van der Waals surface area contributed by atoms with Crippen LogP contribution < -0.4 is 19.7 Å². The minimum atomic E-state index is -4.45. The Balaban J connectivity index is 1.70. The van der Waals surface area contributed by atoms with E-state index in [-0.39, 0.29) is 18.1 Å². The molecule has 0 radical (unpaired) electrons. The van der Waals surface area contributed by atoms with Crippen molar-refractivity contribution in [3.63, 3.8) is 0 Å². The molecule has 0 unspecified atom stereocenters. The second-order valence-electron chi connectivity index (χ2n) is 6.06. The van der Waals surface area contributed by atoms with Crippen molar-refractivity contribution in [3.8, 4) is 11.5 Å². The molecule has 1 heterocycles. The highest BCUT2D eigenvalue weighted by atomic mass is 19.4. The molecule has 0 saturated carbocycles. The summed E-state index contributed by atoms with van der Waals surface area (Å²) in [7, 11) is 0. The van der Waals surface area contributed by atoms with Gasteiger partial charge in [0.25, 0.3) is 0 Å². The Bertz CT molecular complexity index is 882. The largest absolute Gasteiger partial charge is 0.486 e. The monoisotopic (exact) mass is 394 g/mol. The number of ether oxygens (including phenoxy) is 2. The van der Waals surface area contributed by atoms with E-state index in [1.165, 1.54) is 11.8 Å². The number of hydrogen-bond acceptors (Lipinski definition) is 4. The molecule has 0 bridgehead atoms. The highest BCUT2D eigenvalue weighted by molar-refractivity contribution is 6.02. The summed E-state index contributed by atoms with van der Waals surface area (Å²) in [5.41, 5.74) is -0.171. The Morgan fingerprint density at radius 1 is 1.04 bits per heavy atom. The zero-order valence-electron chi connectivity index (χ0n) is 14.9. The van der Waals surface area contributed by atoms with Crippen LogP contribution in [0.3, 0.4) is 0 Å². The number of carbonyl (C=O) groups is 2. The molecule has 2 aromatic carbocycles. The molecule has 0 aliphatic carbocycles. The van der Waals surface area contributed by atoms with Crippen molar-refractivity contribution in [2.45, 2.75) is 13.1 Å². The molecular weight excluding hydrogens is 377 g/mol. The number of anilines is 2. The van der Waals surface area contributed by atoms with E-state index in [1.807, 2.05) is 0 Å². The average Bonchev–Trinajstić information content (AvgIpc) is 2.65. The van der Waals surface area contributed by atoms with E-state index >= 15 is 0 Å². The predicted octanol–water partition coefficient (Wildman–Crippen LogP) is 3.47. The Labute approximate surface area is 158 Å². The number of alkyl halides is 3. The number of fused-ring (bicyclic) bond motifs is 1. The summed E-state index contributed by atoms with van der Waals surface area (Å²) in [6.45, 7) is 1.81. The van der Waals surface area contributed by atoms with Gasteiger partial charge in [-0.15, -0.1) is 0 Å². The first kappa shape index (κ1) is 19.5. The van der Waals surface area contributed by atoms with Gasteiger partial charge < -0.3 is 19.7 Å². The summed E-state index contributed by atoms with van der Waals surface area (Å²) < 4.78 is 48.7. The van der Waals surface area contributed by atoms with Gasteiger partial charge in [0.15, 0.2) is 11.5 Å². The maximum Gasteiger partial charge on any atom is 0.416 e. The summed E-state index contributed by atoms with van der Waals surface area (Å²) in [4.78, 5) is 25.5. The first-order valence-electron chi connectivity index (χ1n) is 8.39. The normalized spacial score (nSPS) is 13.0. The molecule has 1 aliphatic heterocycles. The smallest absolute Gasteiger partial charge is 0.416 e. The Hall–Kier alpha value is -3.23. The van der Waals surface area contributed by atoms with Crippen LogP contribution in [0.15, 0.2) is 42.5 Å². The van der Waals surface area contributed by atoms with Gasteiger partial charge in [-0.05, 0) is 36.4 Å². The molecule has 0 atom stereocenters. The number of nitrogens with zero attached hydrogens (tertiary/aromatic N) is 1. The summed E-state index contributed by atoms with van der Waals surface area (Å²) >= 11 is 0. The number of rotatable bonds is 4. The van der Waals surface area contributed by atoms with Gasteiger partial charge in [-0.1, -0.05) is 0 Å². The second-order valence-corrected chi connectivity index (χ2v) is 6.06. The van der Waals surface area contributed by atoms with Crippen molar-refractivity contribution in [3.05, 3.63) is 48.0 Å². The van der Waals surface area contributed by atoms with Gasteiger partial charge in [0.2, 0.25) is 11.8 Å². The molecule has 0 aromatic heterocycles. The van der Waals surface area contributed by atoms with E-state index < -0.39 is 17.6 Å². The molecule has 1 N–H and O–H groups in total. The van der Waals surface area contributed by atoms with Crippen LogP contribution in [0.5, 0.6) is 11.5 Å². The first-order valence-corrected chi connectivity index (χ1v) is 8.39. The van der Waals surface area contributed by atoms with Crippen molar-refractivity contribution < 1.29 is 32.2 Å². The van der Waals surface area contributed by atoms with Gasteiger partial charge in [-0.3, -0.25) is 9.59 Å². The van der Waals surface area contributed by atoms with E-state index in [1.54, 1.807) is 18.2 Å². The van der Waals surface area contributed by atoms with E-state index in [2.05, 4.69) is 5.32 Å². The van der Waals surface area contributed by atoms with Crippen LogP contribution in [0.25, 0.3) is 0 Å². The molecular formula is C19H17F3N2O4. The van der Waals surface area contributed by atoms with Crippen LogP contribution in [0.4, 0.5) is 24.5 Å². The van der Waals surface area contributed by atoms with Gasteiger partial charge in [-0.2, -0.15) is 13.2 Å². The van der Waals surface area contributed by atoms with Crippen molar-refractivity contribution >= 4 is 23.2 Å². The van der Waals surface area contributed by atoms with E-state index in [0.717, 1.165) is 24.3 Å². The van der Waals surface area contributed by atoms with E-state index in [0.29, 0.717) is 30.4 Å². The molecule has 6 nitrogen and oxygen atoms in total. The summed E-state index contributed by atoms with van der Waals surface area (Å²) in [5.74, 6) is 0.0925. The zero-order valence-corrected chi connectivity index (χ0v) is 14.9. The van der Waals surface area contributed by atoms with Gasteiger partial charge in [0.05, 0.1) is 5.56 Å². The predicted molar refractivity (Wildman–Crippen MR) is 95.5 cm³/mol. The molecule has 2 aromatic rings. The maximum absolute atomic E-state index is 12.6. The fraction of sp³-hybridized carbons (Fsp3) is 0.263. The van der Waals surface area contributed by atoms with Crippen molar-refractivity contribution in [2.24, 2.45) is 0 Å². The topological polar surface area (TPSA) is 67.9 Å². The van der Waals surface area contributed by atoms with Gasteiger partial charge in [0, 0.05) is 24.4 Å². The molecule has 0 fully saturated rings. The van der Waals surface area contributed by atoms with Gasteiger partial charge in [-0.25, -0.2) is 0 Å². The van der Waals surface area contributed by atoms with Gasteiger partial charge >= 0.3 is 6.18 Å². The number of nitrogens with one attached hydrogen (secondary N) is 1. The maximum atomic E-state index is 12.6. The highest BCUT2D eigenvalue weighted by Gasteiger charge is 2.30. The van der Waals surface area contributed by atoms with Crippen LogP contribution >= 0.6 is 0 Å². The standard InChI is InChI=1S/C19H17F3N2O4/c1-12(25)24(15-6-7-16-17(10-15)28-9-8-27-16)11-18(26)23-14-4-2-13(3-5-14)19(20,21)22/h2-7,10H,8-9,11H2,1H3,(H,23,26). The van der Waals surface area contributed by atoms with E-state index in [4.69, 9.17) is 9.47 Å². The second kappa shape index (κ2) is 7.79. The van der Waals surface area contributed by atoms with Gasteiger partial charge in [0.1, 0.15) is 19.8 Å². The fourth-order valence-electron chi connectivity index (χ4n) is 2.67. The molecule has 9 heteroatoms. The van der Waals surface area contributed by atoms with E-state index in [9.17, 15) is 22.8 Å². The lowest BCUT2D eigenvalue weighted by atomic mass is 10.2. The summed E-state index contributed by atoms with van der Waals surface area (Å²) in [6.07, 6.45) is -4.45. The quantitative estimate of drug-likeness (QED) is 0.862. The van der Waals surface area contributed by atoms with Crippen molar-refractivity contribution in [2.75, 3.05) is 30.0 Å². The van der Waals surface area contributed by atoms with Crippen LogP contribution in [-0.2, 0) is 15.8 Å². The van der Waals surface area contributed by atoms with Crippen LogP contribution in [-0.4, -0.2) is 31.6 Å². The highest BCUT2D eigenvalue weighted by Crippen LogP contribution is 2.34. The molecule has 3 rings (SSSR count). The summed E-state index contributed by atoms with van der Waals surface area (Å²) in [6, 6.07) is 8.93. The Morgan fingerprint density at radius 2 is 1.68 bits per heavy atom. The molecule has 1 aliphatic rings. The molecule has 2 amide bonds. The molecule has 0 spiro atoms. The summed E-state index contributed by atoms with van der Waals surface area (Å²) in [5, 5.41) is 2.48. The number of carbonyl (C=O) groups excluding carboxylic acids is 2. The van der Waals surface area contributed by atoms with Crippen molar-refractivity contribution in [1.82, 2.24) is 0 Å². The van der Waals surface area contributed by atoms with Crippen LogP contribution in [0.1, 0.15) is 12.5 Å². The number of hydrogen-bond donors (Lipinski definition) is 1. The fourth-order valence-corrected chi connectivity index (χ4v) is 2.67. The zero-order chi connectivity index (χ0) is 20.3. The van der Waals surface area contributed by atoms with Crippen LogP contribution in [0, 0.1) is 0 Å². The Kier molecular flexibility index (Phi) is 5.43. The third-order valence-corrected chi connectivity index (χ3v) is 4.02. The molecule has 148 valence electrons. The lowest BCUT2D eigenvalue weighted by Crippen LogP contribution is -2.36. The minimum absolute atomic E-state index is 0.198.